The third-order valence-corrected chi connectivity index (χ3v) is 6.35. The van der Waals surface area contributed by atoms with Gasteiger partial charge in [0.25, 0.3) is 0 Å². The number of benzene rings is 2. The second-order valence-electron chi connectivity index (χ2n) is 9.22. The lowest BCUT2D eigenvalue weighted by Gasteiger charge is -2.36. The molecule has 1 aliphatic carbocycles. The molecule has 0 aliphatic heterocycles. The Kier molecular flexibility index (Phi) is 6.15. The third-order valence-electron chi connectivity index (χ3n) is 6.35. The van der Waals surface area contributed by atoms with E-state index in [1.165, 1.54) is 16.8 Å². The van der Waals surface area contributed by atoms with Crippen LogP contribution in [0.15, 0.2) is 42.6 Å². The Hall–Kier alpha value is -2.99. The highest BCUT2D eigenvalue weighted by atomic mass is 16.5. The van der Waals surface area contributed by atoms with Gasteiger partial charge in [-0.05, 0) is 42.9 Å². The molecule has 3 aromatic rings. The van der Waals surface area contributed by atoms with Crippen molar-refractivity contribution >= 4 is 0 Å². The predicted molar refractivity (Wildman–Crippen MR) is 126 cm³/mol. The highest BCUT2D eigenvalue weighted by Crippen LogP contribution is 2.43. The van der Waals surface area contributed by atoms with Crippen molar-refractivity contribution in [2.24, 2.45) is 5.41 Å². The molecule has 32 heavy (non-hydrogen) atoms. The Balaban J connectivity index is 1.65. The quantitative estimate of drug-likeness (QED) is 0.565. The molecule has 1 atom stereocenters. The van der Waals surface area contributed by atoms with Gasteiger partial charge in [-0.25, -0.2) is 4.68 Å². The smallest absolute Gasteiger partial charge is 0.203 e. The van der Waals surface area contributed by atoms with Crippen LogP contribution in [-0.2, 0) is 13.0 Å². The molecule has 1 heterocycles. The van der Waals surface area contributed by atoms with Crippen LogP contribution in [0.2, 0.25) is 0 Å². The molecule has 170 valence electrons. The molecule has 0 amide bonds. The fraction of sp³-hybridized carbons (Fsp3) is 0.423. The molecule has 0 bridgehead atoms. The summed E-state index contributed by atoms with van der Waals surface area (Å²) in [6, 6.07) is 12.6. The van der Waals surface area contributed by atoms with Crippen LogP contribution in [0, 0.1) is 12.3 Å². The summed E-state index contributed by atoms with van der Waals surface area (Å²) in [6.45, 7) is 7.45. The van der Waals surface area contributed by atoms with Crippen molar-refractivity contribution in [3.05, 3.63) is 65.0 Å². The molecule has 6 nitrogen and oxygen atoms in total. The molecule has 2 aromatic carbocycles. The summed E-state index contributed by atoms with van der Waals surface area (Å²) in [4.78, 5) is 0. The topological polar surface area (TPSA) is 57.5 Å². The van der Waals surface area contributed by atoms with Crippen molar-refractivity contribution in [3.63, 3.8) is 0 Å². The second-order valence-corrected chi connectivity index (χ2v) is 9.22. The van der Waals surface area contributed by atoms with Crippen molar-refractivity contribution in [3.8, 4) is 22.9 Å². The maximum atomic E-state index is 5.67. The van der Waals surface area contributed by atoms with E-state index in [-0.39, 0.29) is 11.5 Å². The molecule has 4 rings (SSSR count). The van der Waals surface area contributed by atoms with Gasteiger partial charge in [0.2, 0.25) is 5.75 Å². The first-order chi connectivity index (χ1) is 15.4. The predicted octanol–water partition coefficient (Wildman–Crippen LogP) is 5.01. The van der Waals surface area contributed by atoms with Gasteiger partial charge < -0.3 is 19.5 Å². The standard InChI is InChI=1S/C26H33N3O3/c1-17-9-7-8-10-21(17)29-22-14-26(2,3)13-20(19(22)16-28-29)27-15-18-11-12-23(30-4)25(32-6)24(18)31-5/h7-12,16,20,27H,13-15H2,1-6H3/t20-/m1/s1. The second kappa shape index (κ2) is 8.87. The van der Waals surface area contributed by atoms with E-state index >= 15 is 0 Å². The van der Waals surface area contributed by atoms with E-state index in [0.29, 0.717) is 23.8 Å². The van der Waals surface area contributed by atoms with Gasteiger partial charge in [-0.15, -0.1) is 0 Å². The van der Waals surface area contributed by atoms with E-state index in [4.69, 9.17) is 19.3 Å². The molecule has 0 fully saturated rings. The number of rotatable bonds is 7. The summed E-state index contributed by atoms with van der Waals surface area (Å²) < 4.78 is 18.8. The van der Waals surface area contributed by atoms with E-state index in [1.807, 2.05) is 18.3 Å². The number of nitrogens with zero attached hydrogens (tertiary/aromatic N) is 2. The summed E-state index contributed by atoms with van der Waals surface area (Å²) in [5, 5.41) is 8.56. The summed E-state index contributed by atoms with van der Waals surface area (Å²) in [5.74, 6) is 1.98. The minimum atomic E-state index is 0.160. The van der Waals surface area contributed by atoms with E-state index in [0.717, 1.165) is 24.1 Å². The van der Waals surface area contributed by atoms with E-state index in [2.05, 4.69) is 55.0 Å². The normalized spacial score (nSPS) is 17.0. The first-order valence-corrected chi connectivity index (χ1v) is 11.0. The molecule has 1 aromatic heterocycles. The Bertz CT molecular complexity index is 1100. The van der Waals surface area contributed by atoms with Crippen LogP contribution in [0.1, 0.15) is 48.7 Å². The zero-order valence-corrected chi connectivity index (χ0v) is 19.9. The number of hydrogen-bond donors (Lipinski definition) is 1. The van der Waals surface area contributed by atoms with Crippen LogP contribution >= 0.6 is 0 Å². The van der Waals surface area contributed by atoms with E-state index in [1.54, 1.807) is 21.3 Å². The minimum Gasteiger partial charge on any atom is -0.493 e. The lowest BCUT2D eigenvalue weighted by atomic mass is 9.74. The average Bonchev–Trinajstić information content (AvgIpc) is 3.19. The summed E-state index contributed by atoms with van der Waals surface area (Å²) in [5.41, 5.74) is 6.11. The lowest BCUT2D eigenvalue weighted by Crippen LogP contribution is -2.33. The van der Waals surface area contributed by atoms with Crippen LogP contribution in [0.4, 0.5) is 0 Å². The molecule has 0 saturated carbocycles. The van der Waals surface area contributed by atoms with Gasteiger partial charge in [-0.1, -0.05) is 38.1 Å². The third kappa shape index (κ3) is 4.07. The van der Waals surface area contributed by atoms with Crippen molar-refractivity contribution in [2.45, 2.75) is 46.2 Å². The Morgan fingerprint density at radius 1 is 1.03 bits per heavy atom. The van der Waals surface area contributed by atoms with Crippen molar-refractivity contribution < 1.29 is 14.2 Å². The minimum absolute atomic E-state index is 0.160. The van der Waals surface area contributed by atoms with Crippen molar-refractivity contribution in [2.75, 3.05) is 21.3 Å². The highest BCUT2D eigenvalue weighted by Gasteiger charge is 2.35. The van der Waals surface area contributed by atoms with Crippen LogP contribution < -0.4 is 19.5 Å². The summed E-state index contributed by atoms with van der Waals surface area (Å²) in [6.07, 6.45) is 4.06. The molecule has 1 aliphatic rings. The highest BCUT2D eigenvalue weighted by molar-refractivity contribution is 5.55. The van der Waals surface area contributed by atoms with Gasteiger partial charge in [0.15, 0.2) is 11.5 Å². The van der Waals surface area contributed by atoms with Crippen LogP contribution in [0.5, 0.6) is 17.2 Å². The van der Waals surface area contributed by atoms with Gasteiger partial charge in [-0.3, -0.25) is 0 Å². The van der Waals surface area contributed by atoms with Crippen LogP contribution in [0.3, 0.4) is 0 Å². The number of methoxy groups -OCH3 is 3. The molecule has 0 spiro atoms. The number of para-hydroxylation sites is 1. The number of hydrogen-bond acceptors (Lipinski definition) is 5. The molecule has 6 heteroatoms. The first-order valence-electron chi connectivity index (χ1n) is 11.0. The maximum absolute atomic E-state index is 5.67. The fourth-order valence-corrected chi connectivity index (χ4v) is 4.77. The first kappa shape index (κ1) is 22.2. The number of aromatic nitrogens is 2. The molecule has 0 radical (unpaired) electrons. The van der Waals surface area contributed by atoms with E-state index < -0.39 is 0 Å². The zero-order valence-electron chi connectivity index (χ0n) is 19.9. The molecule has 1 N–H and O–H groups in total. The molecular formula is C26H33N3O3. The van der Waals surface area contributed by atoms with Gasteiger partial charge in [0.05, 0.1) is 33.2 Å². The van der Waals surface area contributed by atoms with Crippen molar-refractivity contribution in [1.82, 2.24) is 15.1 Å². The van der Waals surface area contributed by atoms with Gasteiger partial charge >= 0.3 is 0 Å². The summed E-state index contributed by atoms with van der Waals surface area (Å²) >= 11 is 0. The Morgan fingerprint density at radius 2 is 1.78 bits per heavy atom. The monoisotopic (exact) mass is 435 g/mol. The molecular weight excluding hydrogens is 402 g/mol. The Morgan fingerprint density at radius 3 is 2.47 bits per heavy atom. The molecule has 0 unspecified atom stereocenters. The number of nitrogens with one attached hydrogen (secondary N) is 1. The maximum Gasteiger partial charge on any atom is 0.203 e. The summed E-state index contributed by atoms with van der Waals surface area (Å²) in [7, 11) is 4.93. The van der Waals surface area contributed by atoms with Crippen LogP contribution in [-0.4, -0.2) is 31.1 Å². The lowest BCUT2D eigenvalue weighted by molar-refractivity contribution is 0.252. The van der Waals surface area contributed by atoms with Crippen LogP contribution in [0.25, 0.3) is 5.69 Å². The van der Waals surface area contributed by atoms with Gasteiger partial charge in [-0.2, -0.15) is 5.10 Å². The van der Waals surface area contributed by atoms with Crippen molar-refractivity contribution in [1.29, 1.82) is 0 Å². The zero-order chi connectivity index (χ0) is 22.9. The average molecular weight is 436 g/mol. The SMILES string of the molecule is COc1ccc(CN[C@@H]2CC(C)(C)Cc3c2cnn3-c2ccccc2C)c(OC)c1OC. The number of fused-ring (bicyclic) bond motifs is 1. The Labute approximate surface area is 190 Å². The molecule has 0 saturated heterocycles. The fourth-order valence-electron chi connectivity index (χ4n) is 4.77. The number of ether oxygens (including phenoxy) is 3. The van der Waals surface area contributed by atoms with E-state index in [9.17, 15) is 0 Å². The van der Waals surface area contributed by atoms with Gasteiger partial charge in [0.1, 0.15) is 0 Å². The number of aryl methyl sites for hydroxylation is 1. The largest absolute Gasteiger partial charge is 0.493 e. The van der Waals surface area contributed by atoms with Gasteiger partial charge in [0, 0.05) is 29.4 Å².